The molecule has 3 rings (SSSR count). The Morgan fingerprint density at radius 2 is 1.58 bits per heavy atom. The quantitative estimate of drug-likeness (QED) is 0.453. The summed E-state index contributed by atoms with van der Waals surface area (Å²) in [4.78, 5) is 14.3. The molecule has 0 bridgehead atoms. The van der Waals surface area contributed by atoms with E-state index in [2.05, 4.69) is 0 Å². The second-order valence-electron chi connectivity index (χ2n) is 7.59. The molecule has 0 aliphatic carbocycles. The third-order valence-corrected chi connectivity index (χ3v) is 7.15. The number of halogens is 1. The van der Waals surface area contributed by atoms with E-state index >= 15 is 0 Å². The molecule has 0 radical (unpaired) electrons. The van der Waals surface area contributed by atoms with Crippen molar-refractivity contribution < 1.29 is 22.3 Å². The molecule has 33 heavy (non-hydrogen) atoms. The van der Waals surface area contributed by atoms with Crippen LogP contribution in [0.1, 0.15) is 11.1 Å². The molecule has 0 aromatic heterocycles. The van der Waals surface area contributed by atoms with Gasteiger partial charge in [-0.1, -0.05) is 48.5 Å². The van der Waals surface area contributed by atoms with Crippen LogP contribution >= 0.6 is 0 Å². The Hall–Kier alpha value is -3.23. The Kier molecular flexibility index (Phi) is 8.19. The minimum absolute atomic E-state index is 0.0423. The standard InChI is InChI=1S/C25H27FN2O4S/c1-27(18-21-10-6-7-11-24(21)26)25(29)19-28(17-16-20-8-4-3-5-9-20)33(30,31)23-14-12-22(32-2)13-15-23/h3-15H,16-19H2,1-2H3. The van der Waals surface area contributed by atoms with Crippen LogP contribution in [0, 0.1) is 5.82 Å². The van der Waals surface area contributed by atoms with Crippen LogP contribution in [0.2, 0.25) is 0 Å². The fourth-order valence-electron chi connectivity index (χ4n) is 3.32. The molecular weight excluding hydrogens is 443 g/mol. The van der Waals surface area contributed by atoms with Gasteiger partial charge in [0.1, 0.15) is 11.6 Å². The van der Waals surface area contributed by atoms with Gasteiger partial charge in [-0.25, -0.2) is 12.8 Å². The van der Waals surface area contributed by atoms with Gasteiger partial charge < -0.3 is 9.64 Å². The van der Waals surface area contributed by atoms with Crippen molar-refractivity contribution in [3.05, 3.63) is 95.8 Å². The van der Waals surface area contributed by atoms with Crippen LogP contribution in [-0.2, 0) is 27.8 Å². The molecule has 0 spiro atoms. The summed E-state index contributed by atoms with van der Waals surface area (Å²) < 4.78 is 47.0. The monoisotopic (exact) mass is 470 g/mol. The van der Waals surface area contributed by atoms with Gasteiger partial charge >= 0.3 is 0 Å². The Balaban J connectivity index is 1.80. The van der Waals surface area contributed by atoms with Crippen molar-refractivity contribution in [3.8, 4) is 5.75 Å². The van der Waals surface area contributed by atoms with E-state index < -0.39 is 21.7 Å². The van der Waals surface area contributed by atoms with Gasteiger partial charge in [-0.05, 0) is 42.3 Å². The van der Waals surface area contributed by atoms with Crippen molar-refractivity contribution >= 4 is 15.9 Å². The van der Waals surface area contributed by atoms with Gasteiger partial charge in [0.2, 0.25) is 15.9 Å². The number of sulfonamides is 1. The largest absolute Gasteiger partial charge is 0.497 e. The SMILES string of the molecule is COc1ccc(S(=O)(=O)N(CCc2ccccc2)CC(=O)N(C)Cc2ccccc2F)cc1. The summed E-state index contributed by atoms with van der Waals surface area (Å²) in [7, 11) is -0.918. The molecule has 0 unspecified atom stereocenters. The zero-order valence-corrected chi connectivity index (χ0v) is 19.5. The Bertz CT molecular complexity index is 1170. The van der Waals surface area contributed by atoms with Gasteiger partial charge in [-0.3, -0.25) is 4.79 Å². The van der Waals surface area contributed by atoms with Gasteiger partial charge in [-0.15, -0.1) is 0 Å². The van der Waals surface area contributed by atoms with Crippen molar-refractivity contribution in [2.24, 2.45) is 0 Å². The number of methoxy groups -OCH3 is 1. The third kappa shape index (κ3) is 6.40. The highest BCUT2D eigenvalue weighted by molar-refractivity contribution is 7.89. The van der Waals surface area contributed by atoms with Gasteiger partial charge in [-0.2, -0.15) is 4.31 Å². The molecule has 6 nitrogen and oxygen atoms in total. The van der Waals surface area contributed by atoms with E-state index in [1.165, 1.54) is 41.6 Å². The maximum Gasteiger partial charge on any atom is 0.243 e. The fraction of sp³-hybridized carbons (Fsp3) is 0.240. The van der Waals surface area contributed by atoms with Crippen LogP contribution in [0.5, 0.6) is 5.75 Å². The summed E-state index contributed by atoms with van der Waals surface area (Å²) in [6, 6.07) is 21.7. The summed E-state index contributed by atoms with van der Waals surface area (Å²) in [5, 5.41) is 0. The van der Waals surface area contributed by atoms with Crippen LogP contribution in [0.25, 0.3) is 0 Å². The predicted octanol–water partition coefficient (Wildman–Crippen LogP) is 3.73. The van der Waals surface area contributed by atoms with Crippen molar-refractivity contribution in [1.29, 1.82) is 0 Å². The number of hydrogen-bond acceptors (Lipinski definition) is 4. The smallest absolute Gasteiger partial charge is 0.243 e. The predicted molar refractivity (Wildman–Crippen MR) is 125 cm³/mol. The van der Waals surface area contributed by atoms with E-state index in [1.54, 1.807) is 30.3 Å². The van der Waals surface area contributed by atoms with Crippen LogP contribution < -0.4 is 4.74 Å². The molecule has 0 atom stereocenters. The summed E-state index contributed by atoms with van der Waals surface area (Å²) >= 11 is 0. The molecule has 3 aromatic carbocycles. The topological polar surface area (TPSA) is 66.9 Å². The number of carbonyl (C=O) groups is 1. The fourth-order valence-corrected chi connectivity index (χ4v) is 4.71. The summed E-state index contributed by atoms with van der Waals surface area (Å²) in [5.74, 6) is -0.308. The maximum absolute atomic E-state index is 14.0. The zero-order valence-electron chi connectivity index (χ0n) is 18.6. The first kappa shape index (κ1) is 24.4. The Morgan fingerprint density at radius 3 is 2.21 bits per heavy atom. The number of nitrogens with zero attached hydrogens (tertiary/aromatic N) is 2. The van der Waals surface area contributed by atoms with Gasteiger partial charge in [0.05, 0.1) is 18.6 Å². The number of hydrogen-bond donors (Lipinski definition) is 0. The minimum atomic E-state index is -3.95. The lowest BCUT2D eigenvalue weighted by atomic mass is 10.1. The normalized spacial score (nSPS) is 11.4. The Morgan fingerprint density at radius 1 is 0.939 bits per heavy atom. The molecule has 0 heterocycles. The zero-order chi connectivity index (χ0) is 23.8. The summed E-state index contributed by atoms with van der Waals surface area (Å²) in [6.45, 7) is -0.190. The Labute approximate surface area is 194 Å². The summed E-state index contributed by atoms with van der Waals surface area (Å²) in [5.41, 5.74) is 1.32. The maximum atomic E-state index is 14.0. The lowest BCUT2D eigenvalue weighted by Gasteiger charge is -2.25. The molecule has 8 heteroatoms. The average Bonchev–Trinajstić information content (AvgIpc) is 2.83. The number of benzene rings is 3. The molecule has 0 N–H and O–H groups in total. The summed E-state index contributed by atoms with van der Waals surface area (Å²) in [6.07, 6.45) is 0.445. The van der Waals surface area contributed by atoms with Gasteiger partial charge in [0.15, 0.2) is 0 Å². The molecule has 1 amide bonds. The molecule has 0 aliphatic heterocycles. The minimum Gasteiger partial charge on any atom is -0.497 e. The first-order chi connectivity index (χ1) is 15.8. The number of carbonyl (C=O) groups excluding carboxylic acids is 1. The van der Waals surface area contributed by atoms with Crippen LogP contribution in [0.4, 0.5) is 4.39 Å². The van der Waals surface area contributed by atoms with E-state index in [0.717, 1.165) is 5.56 Å². The molecule has 3 aromatic rings. The molecule has 174 valence electrons. The first-order valence-electron chi connectivity index (χ1n) is 10.5. The van der Waals surface area contributed by atoms with E-state index in [1.807, 2.05) is 30.3 Å². The second kappa shape index (κ2) is 11.1. The second-order valence-corrected chi connectivity index (χ2v) is 9.53. The van der Waals surface area contributed by atoms with Crippen LogP contribution in [0.15, 0.2) is 83.8 Å². The average molecular weight is 471 g/mol. The highest BCUT2D eigenvalue weighted by atomic mass is 32.2. The highest BCUT2D eigenvalue weighted by Crippen LogP contribution is 2.20. The third-order valence-electron chi connectivity index (χ3n) is 5.29. The van der Waals surface area contributed by atoms with Crippen molar-refractivity contribution in [3.63, 3.8) is 0 Å². The van der Waals surface area contributed by atoms with Crippen molar-refractivity contribution in [2.75, 3.05) is 27.2 Å². The molecule has 0 saturated heterocycles. The van der Waals surface area contributed by atoms with E-state index in [4.69, 9.17) is 4.74 Å². The van der Waals surface area contributed by atoms with E-state index in [9.17, 15) is 17.6 Å². The van der Waals surface area contributed by atoms with E-state index in [0.29, 0.717) is 17.7 Å². The first-order valence-corrected chi connectivity index (χ1v) is 11.9. The number of ether oxygens (including phenoxy) is 1. The number of rotatable bonds is 10. The number of amides is 1. The molecular formula is C25H27FN2O4S. The molecule has 0 aliphatic rings. The molecule has 0 saturated carbocycles. The van der Waals surface area contributed by atoms with Crippen molar-refractivity contribution in [1.82, 2.24) is 9.21 Å². The lowest BCUT2D eigenvalue weighted by Crippen LogP contribution is -2.42. The lowest BCUT2D eigenvalue weighted by molar-refractivity contribution is -0.130. The van der Waals surface area contributed by atoms with Gasteiger partial charge in [0.25, 0.3) is 0 Å². The van der Waals surface area contributed by atoms with Gasteiger partial charge in [0, 0.05) is 25.7 Å². The van der Waals surface area contributed by atoms with Crippen molar-refractivity contribution in [2.45, 2.75) is 17.9 Å². The van der Waals surface area contributed by atoms with Crippen LogP contribution in [-0.4, -0.2) is 50.8 Å². The molecule has 0 fully saturated rings. The number of likely N-dealkylation sites (N-methyl/N-ethyl adjacent to an activating group) is 1. The highest BCUT2D eigenvalue weighted by Gasteiger charge is 2.28. The van der Waals surface area contributed by atoms with E-state index in [-0.39, 0.29) is 24.5 Å². The van der Waals surface area contributed by atoms with Crippen LogP contribution in [0.3, 0.4) is 0 Å².